The molecule has 0 aliphatic heterocycles. The van der Waals surface area contributed by atoms with E-state index in [0.29, 0.717) is 15.7 Å². The fraction of sp³-hybridized carbons (Fsp3) is 0.333. The molecule has 1 rings (SSSR count). The number of nitrogens with one attached hydrogen (secondary N) is 1. The molecular weight excluding hydrogens is 300 g/mol. The zero-order valence-electron chi connectivity index (χ0n) is 10.4. The number of amides is 1. The van der Waals surface area contributed by atoms with Crippen LogP contribution in [0.5, 0.6) is 0 Å². The van der Waals surface area contributed by atoms with Crippen molar-refractivity contribution in [3.05, 3.63) is 28.2 Å². The van der Waals surface area contributed by atoms with Crippen molar-refractivity contribution in [1.29, 1.82) is 0 Å². The Morgan fingerprint density at radius 3 is 2.50 bits per heavy atom. The molecule has 1 aromatic carbocycles. The third-order valence-electron chi connectivity index (χ3n) is 2.38. The van der Waals surface area contributed by atoms with Crippen LogP contribution < -0.4 is 11.1 Å². The summed E-state index contributed by atoms with van der Waals surface area (Å²) >= 11 is 3.24. The van der Waals surface area contributed by atoms with Crippen LogP contribution in [0.3, 0.4) is 0 Å². The summed E-state index contributed by atoms with van der Waals surface area (Å²) in [6.45, 7) is 3.14. The van der Waals surface area contributed by atoms with E-state index in [1.807, 2.05) is 0 Å². The van der Waals surface area contributed by atoms with Gasteiger partial charge in [-0.15, -0.1) is 0 Å². The van der Waals surface area contributed by atoms with E-state index in [1.54, 1.807) is 32.0 Å². The molecule has 3 N–H and O–H groups in total. The first-order valence-corrected chi connectivity index (χ1v) is 6.03. The van der Waals surface area contributed by atoms with Crippen LogP contribution in [0.15, 0.2) is 22.7 Å². The van der Waals surface area contributed by atoms with Crippen LogP contribution in [-0.2, 0) is 9.53 Å². The second-order valence-electron chi connectivity index (χ2n) is 4.31. The fourth-order valence-corrected chi connectivity index (χ4v) is 1.71. The summed E-state index contributed by atoms with van der Waals surface area (Å²) in [6, 6.07) is 4.80. The first kappa shape index (κ1) is 14.5. The van der Waals surface area contributed by atoms with E-state index < -0.39 is 11.5 Å². The van der Waals surface area contributed by atoms with Gasteiger partial charge in [0, 0.05) is 15.7 Å². The SMILES string of the molecule is COC(=O)C(C)(C)NC(=O)c1ccc(N)c(Br)c1. The highest BCUT2D eigenvalue weighted by Crippen LogP contribution is 2.20. The lowest BCUT2D eigenvalue weighted by Crippen LogP contribution is -2.50. The van der Waals surface area contributed by atoms with Crippen molar-refractivity contribution in [1.82, 2.24) is 5.32 Å². The average Bonchev–Trinajstić information content (AvgIpc) is 2.30. The largest absolute Gasteiger partial charge is 0.467 e. The van der Waals surface area contributed by atoms with E-state index in [2.05, 4.69) is 26.0 Å². The molecule has 1 aromatic rings. The molecular formula is C12H15BrN2O3. The summed E-state index contributed by atoms with van der Waals surface area (Å²) in [5.41, 5.74) is 5.50. The van der Waals surface area contributed by atoms with Gasteiger partial charge >= 0.3 is 5.97 Å². The minimum atomic E-state index is -1.08. The molecule has 0 radical (unpaired) electrons. The highest BCUT2D eigenvalue weighted by Gasteiger charge is 2.30. The second kappa shape index (κ2) is 5.39. The van der Waals surface area contributed by atoms with Gasteiger partial charge in [0.25, 0.3) is 5.91 Å². The summed E-state index contributed by atoms with van der Waals surface area (Å²) in [5, 5.41) is 2.59. The molecule has 0 fully saturated rings. The van der Waals surface area contributed by atoms with E-state index in [9.17, 15) is 9.59 Å². The van der Waals surface area contributed by atoms with Gasteiger partial charge in [-0.05, 0) is 48.0 Å². The molecule has 0 unspecified atom stereocenters. The Bertz CT molecular complexity index is 486. The number of carbonyl (C=O) groups is 2. The summed E-state index contributed by atoms with van der Waals surface area (Å²) in [5.74, 6) is -0.878. The third-order valence-corrected chi connectivity index (χ3v) is 3.07. The molecule has 0 aliphatic carbocycles. The standard InChI is InChI=1S/C12H15BrN2O3/c1-12(2,11(17)18-3)15-10(16)7-4-5-9(14)8(13)6-7/h4-6H,14H2,1-3H3,(H,15,16). The zero-order valence-corrected chi connectivity index (χ0v) is 12.0. The number of hydrogen-bond acceptors (Lipinski definition) is 4. The summed E-state index contributed by atoms with van der Waals surface area (Å²) < 4.78 is 5.24. The van der Waals surface area contributed by atoms with Gasteiger partial charge in [-0.1, -0.05) is 0 Å². The number of nitrogens with two attached hydrogens (primary N) is 1. The van der Waals surface area contributed by atoms with Crippen LogP contribution in [0.4, 0.5) is 5.69 Å². The van der Waals surface area contributed by atoms with Crippen molar-refractivity contribution in [3.8, 4) is 0 Å². The van der Waals surface area contributed by atoms with Crippen molar-refractivity contribution in [2.45, 2.75) is 19.4 Å². The predicted octanol–water partition coefficient (Wildman–Crippen LogP) is 1.71. The van der Waals surface area contributed by atoms with Gasteiger partial charge in [-0.2, -0.15) is 0 Å². The number of esters is 1. The molecule has 0 aliphatic rings. The van der Waals surface area contributed by atoms with Crippen LogP contribution >= 0.6 is 15.9 Å². The smallest absolute Gasteiger partial charge is 0.330 e. The number of benzene rings is 1. The Balaban J connectivity index is 2.89. The van der Waals surface area contributed by atoms with Gasteiger partial charge in [0.2, 0.25) is 0 Å². The first-order valence-electron chi connectivity index (χ1n) is 5.24. The number of nitrogen functional groups attached to an aromatic ring is 1. The lowest BCUT2D eigenvalue weighted by molar-refractivity contribution is -0.146. The predicted molar refractivity (Wildman–Crippen MR) is 72.1 cm³/mol. The van der Waals surface area contributed by atoms with E-state index in [0.717, 1.165) is 0 Å². The Morgan fingerprint density at radius 1 is 1.39 bits per heavy atom. The van der Waals surface area contributed by atoms with Gasteiger partial charge in [-0.25, -0.2) is 4.79 Å². The van der Waals surface area contributed by atoms with Gasteiger partial charge in [0.1, 0.15) is 5.54 Å². The van der Waals surface area contributed by atoms with Crippen LogP contribution in [0.2, 0.25) is 0 Å². The molecule has 6 heteroatoms. The Labute approximate surface area is 114 Å². The highest BCUT2D eigenvalue weighted by atomic mass is 79.9. The maximum Gasteiger partial charge on any atom is 0.330 e. The van der Waals surface area contributed by atoms with Crippen LogP contribution in [0.1, 0.15) is 24.2 Å². The Hall–Kier alpha value is -1.56. The molecule has 5 nitrogen and oxygen atoms in total. The monoisotopic (exact) mass is 314 g/mol. The Morgan fingerprint density at radius 2 is 2.00 bits per heavy atom. The molecule has 0 spiro atoms. The summed E-state index contributed by atoms with van der Waals surface area (Å²) in [7, 11) is 1.27. The summed E-state index contributed by atoms with van der Waals surface area (Å²) in [6.07, 6.45) is 0. The Kier molecular flexibility index (Phi) is 4.34. The van der Waals surface area contributed by atoms with Gasteiger partial charge in [-0.3, -0.25) is 4.79 Å². The minimum Gasteiger partial charge on any atom is -0.467 e. The maximum absolute atomic E-state index is 12.0. The van der Waals surface area contributed by atoms with E-state index in [-0.39, 0.29) is 5.91 Å². The number of anilines is 1. The van der Waals surface area contributed by atoms with Crippen molar-refractivity contribution in [3.63, 3.8) is 0 Å². The summed E-state index contributed by atoms with van der Waals surface area (Å²) in [4.78, 5) is 23.4. The number of methoxy groups -OCH3 is 1. The number of halogens is 1. The molecule has 0 bridgehead atoms. The quantitative estimate of drug-likeness (QED) is 0.657. The van der Waals surface area contributed by atoms with Crippen LogP contribution in [0, 0.1) is 0 Å². The average molecular weight is 315 g/mol. The van der Waals surface area contributed by atoms with Gasteiger partial charge < -0.3 is 15.8 Å². The molecule has 0 saturated carbocycles. The van der Waals surface area contributed by atoms with Crippen molar-refractivity contribution in [2.24, 2.45) is 0 Å². The second-order valence-corrected chi connectivity index (χ2v) is 5.16. The fourth-order valence-electron chi connectivity index (χ4n) is 1.33. The van der Waals surface area contributed by atoms with E-state index in [4.69, 9.17) is 5.73 Å². The number of carbonyl (C=O) groups excluding carboxylic acids is 2. The minimum absolute atomic E-state index is 0.369. The lowest BCUT2D eigenvalue weighted by atomic mass is 10.0. The molecule has 0 atom stereocenters. The van der Waals surface area contributed by atoms with Gasteiger partial charge in [0.15, 0.2) is 0 Å². The molecule has 0 aromatic heterocycles. The first-order chi connectivity index (χ1) is 8.27. The van der Waals surface area contributed by atoms with E-state index in [1.165, 1.54) is 7.11 Å². The van der Waals surface area contributed by atoms with Crippen LogP contribution in [0.25, 0.3) is 0 Å². The van der Waals surface area contributed by atoms with Gasteiger partial charge in [0.05, 0.1) is 7.11 Å². The lowest BCUT2D eigenvalue weighted by Gasteiger charge is -2.23. The molecule has 18 heavy (non-hydrogen) atoms. The third kappa shape index (κ3) is 3.22. The number of hydrogen-bond donors (Lipinski definition) is 2. The molecule has 1 amide bonds. The van der Waals surface area contributed by atoms with Crippen molar-refractivity contribution >= 4 is 33.5 Å². The normalized spacial score (nSPS) is 10.9. The maximum atomic E-state index is 12.0. The van der Waals surface area contributed by atoms with E-state index >= 15 is 0 Å². The topological polar surface area (TPSA) is 81.4 Å². The van der Waals surface area contributed by atoms with Crippen molar-refractivity contribution in [2.75, 3.05) is 12.8 Å². The highest BCUT2D eigenvalue weighted by molar-refractivity contribution is 9.10. The number of rotatable bonds is 3. The molecule has 0 saturated heterocycles. The molecule has 98 valence electrons. The zero-order chi connectivity index (χ0) is 13.9. The molecule has 0 heterocycles. The van der Waals surface area contributed by atoms with Crippen molar-refractivity contribution < 1.29 is 14.3 Å². The van der Waals surface area contributed by atoms with Crippen LogP contribution in [-0.4, -0.2) is 24.5 Å². The number of ether oxygens (including phenoxy) is 1.